The third kappa shape index (κ3) is 6.10. The molecule has 0 aromatic rings. The molecule has 0 fully saturated rings. The first-order valence-electron chi connectivity index (χ1n) is 5.61. The van der Waals surface area contributed by atoms with Crippen LogP contribution in [0.5, 0.6) is 0 Å². The van der Waals surface area contributed by atoms with Crippen molar-refractivity contribution in [1.29, 1.82) is 0 Å². The molecule has 86 valence electrons. The van der Waals surface area contributed by atoms with Crippen LogP contribution in [0.25, 0.3) is 0 Å². The minimum Gasteiger partial charge on any atom is -0.463 e. The van der Waals surface area contributed by atoms with E-state index in [9.17, 15) is 4.79 Å². The van der Waals surface area contributed by atoms with Crippen LogP contribution in [0.2, 0.25) is 0 Å². The molecule has 0 bridgehead atoms. The van der Waals surface area contributed by atoms with Crippen molar-refractivity contribution in [2.45, 2.75) is 40.0 Å². The van der Waals surface area contributed by atoms with Crippen LogP contribution in [0.15, 0.2) is 24.3 Å². The Hall–Kier alpha value is -1.05. The summed E-state index contributed by atoms with van der Waals surface area (Å²) in [6.45, 7) is 10.1. The van der Waals surface area contributed by atoms with E-state index in [0.717, 1.165) is 24.8 Å². The Morgan fingerprint density at radius 1 is 1.47 bits per heavy atom. The van der Waals surface area contributed by atoms with Gasteiger partial charge in [-0.1, -0.05) is 25.0 Å². The third-order valence-corrected chi connectivity index (χ3v) is 2.36. The molecule has 0 spiro atoms. The molecule has 0 aliphatic carbocycles. The molecule has 0 aromatic carbocycles. The summed E-state index contributed by atoms with van der Waals surface area (Å²) in [6, 6.07) is 0. The second kappa shape index (κ2) is 8.27. The zero-order chi connectivity index (χ0) is 11.7. The van der Waals surface area contributed by atoms with Crippen molar-refractivity contribution in [2.24, 2.45) is 5.92 Å². The van der Waals surface area contributed by atoms with E-state index in [1.165, 1.54) is 0 Å². The van der Waals surface area contributed by atoms with Crippen molar-refractivity contribution in [3.05, 3.63) is 24.3 Å². The van der Waals surface area contributed by atoms with Gasteiger partial charge in [0.1, 0.15) is 0 Å². The smallest absolute Gasteiger partial charge is 0.330 e. The number of ether oxygens (including phenoxy) is 1. The Morgan fingerprint density at radius 2 is 2.13 bits per heavy atom. The van der Waals surface area contributed by atoms with Gasteiger partial charge >= 0.3 is 5.97 Å². The number of hydrogen-bond acceptors (Lipinski definition) is 2. The molecule has 0 rings (SSSR count). The second-order valence-electron chi connectivity index (χ2n) is 3.65. The lowest BCUT2D eigenvalue weighted by molar-refractivity contribution is -0.137. The lowest BCUT2D eigenvalue weighted by atomic mass is 9.92. The Labute approximate surface area is 93.0 Å². The summed E-state index contributed by atoms with van der Waals surface area (Å²) in [4.78, 5) is 11.2. The zero-order valence-corrected chi connectivity index (χ0v) is 10.1. The molecule has 2 heteroatoms. The van der Waals surface area contributed by atoms with Gasteiger partial charge in [-0.15, -0.1) is 6.58 Å². The van der Waals surface area contributed by atoms with Gasteiger partial charge in [-0.25, -0.2) is 4.79 Å². The Balaban J connectivity index is 4.38. The second-order valence-corrected chi connectivity index (χ2v) is 3.65. The summed E-state index contributed by atoms with van der Waals surface area (Å²) in [7, 11) is 0. The van der Waals surface area contributed by atoms with Crippen LogP contribution in [-0.4, -0.2) is 12.6 Å². The maximum atomic E-state index is 11.2. The molecule has 0 aliphatic rings. The van der Waals surface area contributed by atoms with Gasteiger partial charge in [0.2, 0.25) is 0 Å². The zero-order valence-electron chi connectivity index (χ0n) is 10.1. The summed E-state index contributed by atoms with van der Waals surface area (Å²) < 4.78 is 4.88. The van der Waals surface area contributed by atoms with Gasteiger partial charge in [-0.05, 0) is 32.6 Å². The van der Waals surface area contributed by atoms with Crippen molar-refractivity contribution in [3.8, 4) is 0 Å². The lowest BCUT2D eigenvalue weighted by Gasteiger charge is -2.14. The molecule has 0 aromatic heterocycles. The number of rotatable bonds is 7. The largest absolute Gasteiger partial charge is 0.463 e. The lowest BCUT2D eigenvalue weighted by Crippen LogP contribution is -2.06. The van der Waals surface area contributed by atoms with E-state index < -0.39 is 0 Å². The van der Waals surface area contributed by atoms with Crippen LogP contribution in [0.4, 0.5) is 0 Å². The highest BCUT2D eigenvalue weighted by molar-refractivity contribution is 5.82. The van der Waals surface area contributed by atoms with E-state index in [0.29, 0.717) is 12.5 Å². The van der Waals surface area contributed by atoms with Crippen LogP contribution < -0.4 is 0 Å². The van der Waals surface area contributed by atoms with Gasteiger partial charge in [0, 0.05) is 6.08 Å². The van der Waals surface area contributed by atoms with Gasteiger partial charge in [-0.3, -0.25) is 0 Å². The topological polar surface area (TPSA) is 26.3 Å². The van der Waals surface area contributed by atoms with Gasteiger partial charge in [0.05, 0.1) is 6.61 Å². The minimum absolute atomic E-state index is 0.236. The number of esters is 1. The predicted molar refractivity (Wildman–Crippen MR) is 63.6 cm³/mol. The van der Waals surface area contributed by atoms with Crippen molar-refractivity contribution < 1.29 is 9.53 Å². The van der Waals surface area contributed by atoms with Crippen LogP contribution in [0.1, 0.15) is 40.0 Å². The highest BCUT2D eigenvalue weighted by Crippen LogP contribution is 2.20. The molecule has 2 nitrogen and oxygen atoms in total. The van der Waals surface area contributed by atoms with Crippen LogP contribution in [-0.2, 0) is 9.53 Å². The first-order chi connectivity index (χ1) is 7.15. The molecule has 1 atom stereocenters. The van der Waals surface area contributed by atoms with Gasteiger partial charge < -0.3 is 4.74 Å². The van der Waals surface area contributed by atoms with E-state index in [1.807, 2.05) is 19.9 Å². The SMILES string of the molecule is C=CCC(CCC)C(C)=CC(=O)OCC. The van der Waals surface area contributed by atoms with Gasteiger partial charge in [0.25, 0.3) is 0 Å². The predicted octanol–water partition coefficient (Wildman–Crippen LogP) is 3.49. The van der Waals surface area contributed by atoms with Crippen LogP contribution in [0.3, 0.4) is 0 Å². The van der Waals surface area contributed by atoms with Gasteiger partial charge in [0.15, 0.2) is 0 Å². The number of carbonyl (C=O) groups is 1. The first kappa shape index (κ1) is 13.9. The fourth-order valence-electron chi connectivity index (χ4n) is 1.57. The van der Waals surface area contributed by atoms with E-state index in [4.69, 9.17) is 4.74 Å². The number of carbonyl (C=O) groups excluding carboxylic acids is 1. The first-order valence-corrected chi connectivity index (χ1v) is 5.61. The highest BCUT2D eigenvalue weighted by Gasteiger charge is 2.09. The Kier molecular flexibility index (Phi) is 7.69. The monoisotopic (exact) mass is 210 g/mol. The van der Waals surface area contributed by atoms with Gasteiger partial charge in [-0.2, -0.15) is 0 Å². The molecular formula is C13H22O2. The molecule has 1 unspecified atom stereocenters. The Bertz CT molecular complexity index is 229. The Morgan fingerprint density at radius 3 is 2.60 bits per heavy atom. The fraction of sp³-hybridized carbons (Fsp3) is 0.615. The molecule has 0 radical (unpaired) electrons. The highest BCUT2D eigenvalue weighted by atomic mass is 16.5. The van der Waals surface area contributed by atoms with Crippen LogP contribution in [0, 0.1) is 5.92 Å². The summed E-state index contributed by atoms with van der Waals surface area (Å²) in [5.74, 6) is 0.192. The molecule has 0 saturated heterocycles. The van der Waals surface area contributed by atoms with Crippen molar-refractivity contribution >= 4 is 5.97 Å². The number of hydrogen-bond donors (Lipinski definition) is 0. The molecule has 15 heavy (non-hydrogen) atoms. The summed E-state index contributed by atoms with van der Waals surface area (Å²) in [6.07, 6.45) is 6.64. The van der Waals surface area contributed by atoms with Crippen molar-refractivity contribution in [1.82, 2.24) is 0 Å². The van der Waals surface area contributed by atoms with E-state index >= 15 is 0 Å². The molecule has 0 amide bonds. The summed E-state index contributed by atoms with van der Waals surface area (Å²) in [5.41, 5.74) is 1.09. The molecule has 0 saturated carbocycles. The quantitative estimate of drug-likeness (QED) is 0.365. The van der Waals surface area contributed by atoms with Crippen molar-refractivity contribution in [2.75, 3.05) is 6.61 Å². The number of allylic oxidation sites excluding steroid dienone is 2. The third-order valence-electron chi connectivity index (χ3n) is 2.36. The van der Waals surface area contributed by atoms with E-state index in [1.54, 1.807) is 6.08 Å². The standard InChI is InChI=1S/C13H22O2/c1-5-8-12(9-6-2)11(4)10-13(14)15-7-3/h5,10,12H,1,6-9H2,2-4H3. The summed E-state index contributed by atoms with van der Waals surface area (Å²) >= 11 is 0. The van der Waals surface area contributed by atoms with Crippen LogP contribution >= 0.6 is 0 Å². The molecular weight excluding hydrogens is 188 g/mol. The fourth-order valence-corrected chi connectivity index (χ4v) is 1.57. The molecule has 0 heterocycles. The maximum absolute atomic E-state index is 11.2. The molecule has 0 N–H and O–H groups in total. The minimum atomic E-state index is -0.236. The average Bonchev–Trinajstić information content (AvgIpc) is 2.17. The summed E-state index contributed by atoms with van der Waals surface area (Å²) in [5, 5.41) is 0. The average molecular weight is 210 g/mol. The molecule has 0 aliphatic heterocycles. The maximum Gasteiger partial charge on any atom is 0.330 e. The van der Waals surface area contributed by atoms with Crippen molar-refractivity contribution in [3.63, 3.8) is 0 Å². The van der Waals surface area contributed by atoms with E-state index in [-0.39, 0.29) is 5.97 Å². The normalized spacial score (nSPS) is 13.4. The van der Waals surface area contributed by atoms with E-state index in [2.05, 4.69) is 13.5 Å².